The smallest absolute Gasteiger partial charge is 0.238 e. The highest BCUT2D eigenvalue weighted by atomic mass is 16.5. The highest BCUT2D eigenvalue weighted by molar-refractivity contribution is 5.66. The van der Waals surface area contributed by atoms with Gasteiger partial charge in [0.2, 0.25) is 5.69 Å². The Hall–Kier alpha value is -2.55. The molecule has 0 unspecified atom stereocenters. The maximum absolute atomic E-state index is 5.75. The summed E-state index contributed by atoms with van der Waals surface area (Å²) in [4.78, 5) is 0. The van der Waals surface area contributed by atoms with Gasteiger partial charge in [-0.1, -0.05) is 31.5 Å². The third kappa shape index (κ3) is 3.35. The molecule has 24 heavy (non-hydrogen) atoms. The molecule has 1 heterocycles. The molecular weight excluding hydrogens is 296 g/mol. The van der Waals surface area contributed by atoms with Gasteiger partial charge in [0.15, 0.2) is 7.05 Å². The molecule has 2 aromatic carbocycles. The van der Waals surface area contributed by atoms with Crippen molar-refractivity contribution in [3.8, 4) is 28.3 Å². The minimum absolute atomic E-state index is 0.785. The number of benzene rings is 2. The van der Waals surface area contributed by atoms with E-state index in [1.54, 1.807) is 0 Å². The van der Waals surface area contributed by atoms with E-state index in [9.17, 15) is 0 Å². The maximum atomic E-state index is 5.75. The van der Waals surface area contributed by atoms with Crippen molar-refractivity contribution in [2.45, 2.75) is 19.8 Å². The maximum Gasteiger partial charge on any atom is 0.238 e. The van der Waals surface area contributed by atoms with Crippen molar-refractivity contribution in [3.05, 3.63) is 60.7 Å². The molecule has 3 nitrogen and oxygen atoms in total. The molecule has 3 rings (SSSR count). The van der Waals surface area contributed by atoms with Gasteiger partial charge >= 0.3 is 0 Å². The van der Waals surface area contributed by atoms with E-state index in [0.29, 0.717) is 0 Å². The molecule has 0 saturated heterocycles. The minimum Gasteiger partial charge on any atom is -0.494 e. The van der Waals surface area contributed by atoms with Crippen molar-refractivity contribution < 1.29 is 9.42 Å². The van der Waals surface area contributed by atoms with Crippen molar-refractivity contribution in [1.82, 2.24) is 4.68 Å². The number of aromatic nitrogens is 2. The van der Waals surface area contributed by atoms with Crippen LogP contribution in [0.15, 0.2) is 60.7 Å². The predicted molar refractivity (Wildman–Crippen MR) is 97.9 cm³/mol. The molecule has 0 aliphatic rings. The van der Waals surface area contributed by atoms with E-state index < -0.39 is 0 Å². The number of unbranched alkanes of at least 4 members (excludes halogenated alkanes) is 1. The van der Waals surface area contributed by atoms with Crippen LogP contribution in [0.2, 0.25) is 0 Å². The van der Waals surface area contributed by atoms with Gasteiger partial charge in [-0.15, -0.1) is 4.68 Å². The van der Waals surface area contributed by atoms with E-state index in [1.165, 1.54) is 22.5 Å². The number of rotatable bonds is 6. The Morgan fingerprint density at radius 2 is 1.67 bits per heavy atom. The summed E-state index contributed by atoms with van der Waals surface area (Å²) < 4.78 is 10.1. The number of hydrogen-bond donors (Lipinski definition) is 0. The lowest BCUT2D eigenvalue weighted by atomic mass is 10.1. The summed E-state index contributed by atoms with van der Waals surface area (Å²) in [5.74, 6) is 0.939. The van der Waals surface area contributed by atoms with Crippen LogP contribution in [-0.4, -0.2) is 11.3 Å². The van der Waals surface area contributed by atoms with Gasteiger partial charge in [0.05, 0.1) is 13.7 Å². The topological polar surface area (TPSA) is 18.0 Å². The van der Waals surface area contributed by atoms with Gasteiger partial charge < -0.3 is 4.74 Å². The van der Waals surface area contributed by atoms with E-state index in [0.717, 1.165) is 25.2 Å². The second-order valence-corrected chi connectivity index (χ2v) is 6.05. The molecule has 0 radical (unpaired) electrons. The van der Waals surface area contributed by atoms with Crippen LogP contribution < -0.4 is 9.42 Å². The lowest BCUT2D eigenvalue weighted by Crippen LogP contribution is -2.39. The van der Waals surface area contributed by atoms with Crippen LogP contribution in [0.5, 0.6) is 5.75 Å². The van der Waals surface area contributed by atoms with Gasteiger partial charge in [-0.2, -0.15) is 4.68 Å². The van der Waals surface area contributed by atoms with Gasteiger partial charge in [0, 0.05) is 17.2 Å². The highest BCUT2D eigenvalue weighted by Crippen LogP contribution is 2.26. The minimum atomic E-state index is 0.785. The summed E-state index contributed by atoms with van der Waals surface area (Å²) in [7, 11) is 4.18. The van der Waals surface area contributed by atoms with Crippen molar-refractivity contribution >= 4 is 0 Å². The summed E-state index contributed by atoms with van der Waals surface area (Å²) in [5, 5.41) is 0. The first-order chi connectivity index (χ1) is 11.7. The predicted octanol–water partition coefficient (Wildman–Crippen LogP) is 4.36. The summed E-state index contributed by atoms with van der Waals surface area (Å²) in [5.41, 5.74) is 4.81. The molecule has 3 aromatic rings. The third-order valence-corrected chi connectivity index (χ3v) is 4.41. The second-order valence-electron chi connectivity index (χ2n) is 6.05. The average molecular weight is 321 g/mol. The highest BCUT2D eigenvalue weighted by Gasteiger charge is 2.19. The Balaban J connectivity index is 1.87. The molecule has 0 atom stereocenters. The van der Waals surface area contributed by atoms with Gasteiger partial charge in [0.25, 0.3) is 0 Å². The number of nitrogens with zero attached hydrogens (tertiary/aromatic N) is 2. The lowest BCUT2D eigenvalue weighted by molar-refractivity contribution is -0.740. The molecule has 0 saturated carbocycles. The first kappa shape index (κ1) is 16.3. The van der Waals surface area contributed by atoms with Crippen LogP contribution in [0.3, 0.4) is 0 Å². The van der Waals surface area contributed by atoms with Gasteiger partial charge in [0.1, 0.15) is 11.4 Å². The molecule has 0 bridgehead atoms. The zero-order valence-corrected chi connectivity index (χ0v) is 14.7. The summed E-state index contributed by atoms with van der Waals surface area (Å²) in [6.07, 6.45) is 2.25. The van der Waals surface area contributed by atoms with Gasteiger partial charge in [-0.25, -0.2) is 0 Å². The zero-order chi connectivity index (χ0) is 16.9. The first-order valence-electron chi connectivity index (χ1n) is 8.55. The van der Waals surface area contributed by atoms with E-state index >= 15 is 0 Å². The van der Waals surface area contributed by atoms with E-state index in [1.807, 2.05) is 6.07 Å². The average Bonchev–Trinajstić information content (AvgIpc) is 2.92. The Kier molecular flexibility index (Phi) is 4.99. The summed E-state index contributed by atoms with van der Waals surface area (Å²) in [6, 6.07) is 21.1. The molecular formula is C21H25N2O+. The first-order valence-corrected chi connectivity index (χ1v) is 8.55. The van der Waals surface area contributed by atoms with Crippen LogP contribution in [0.4, 0.5) is 0 Å². The molecule has 0 aliphatic carbocycles. The fourth-order valence-corrected chi connectivity index (χ4v) is 2.85. The summed E-state index contributed by atoms with van der Waals surface area (Å²) >= 11 is 0. The van der Waals surface area contributed by atoms with E-state index in [-0.39, 0.29) is 0 Å². The monoisotopic (exact) mass is 321 g/mol. The third-order valence-electron chi connectivity index (χ3n) is 4.41. The van der Waals surface area contributed by atoms with Crippen molar-refractivity contribution in [2.75, 3.05) is 6.61 Å². The Morgan fingerprint density at radius 1 is 0.958 bits per heavy atom. The fourth-order valence-electron chi connectivity index (χ4n) is 2.85. The largest absolute Gasteiger partial charge is 0.494 e. The number of ether oxygens (including phenoxy) is 1. The molecule has 3 heteroatoms. The molecule has 124 valence electrons. The van der Waals surface area contributed by atoms with Gasteiger partial charge in [-0.05, 0) is 42.8 Å². The van der Waals surface area contributed by atoms with Crippen LogP contribution in [0.1, 0.15) is 19.8 Å². The molecule has 0 spiro atoms. The lowest BCUT2D eigenvalue weighted by Gasteiger charge is -2.06. The molecule has 0 fully saturated rings. The van der Waals surface area contributed by atoms with Crippen molar-refractivity contribution in [2.24, 2.45) is 14.1 Å². The number of hydrogen-bond acceptors (Lipinski definition) is 1. The molecule has 1 aromatic heterocycles. The van der Waals surface area contributed by atoms with Crippen LogP contribution in [0, 0.1) is 0 Å². The Morgan fingerprint density at radius 3 is 2.33 bits per heavy atom. The van der Waals surface area contributed by atoms with Crippen molar-refractivity contribution in [1.29, 1.82) is 0 Å². The van der Waals surface area contributed by atoms with Crippen molar-refractivity contribution in [3.63, 3.8) is 0 Å². The Labute approximate surface area is 144 Å². The van der Waals surface area contributed by atoms with E-state index in [2.05, 4.69) is 85.0 Å². The Bertz CT molecular complexity index is 789. The molecule has 0 N–H and O–H groups in total. The standard InChI is InChI=1S/C21H25N2O/c1-4-5-15-24-19-13-11-18(12-14-19)21-16-20(22(2)23(21)3)17-9-7-6-8-10-17/h6-14,16H,4-5,15H2,1-3H3/q+1. The molecule has 0 aliphatic heterocycles. The molecule has 0 amide bonds. The van der Waals surface area contributed by atoms with Crippen LogP contribution in [0.25, 0.3) is 22.5 Å². The SMILES string of the molecule is CCCCOc1ccc(-c2cc(-c3ccccc3)[n+](C)n2C)cc1. The van der Waals surface area contributed by atoms with E-state index in [4.69, 9.17) is 4.74 Å². The van der Waals surface area contributed by atoms with Crippen LogP contribution in [-0.2, 0) is 14.1 Å². The van der Waals surface area contributed by atoms with Crippen LogP contribution >= 0.6 is 0 Å². The fraction of sp³-hybridized carbons (Fsp3) is 0.286. The summed E-state index contributed by atoms with van der Waals surface area (Å²) in [6.45, 7) is 2.96. The van der Waals surface area contributed by atoms with Gasteiger partial charge in [-0.3, -0.25) is 0 Å². The zero-order valence-electron chi connectivity index (χ0n) is 14.7. The second kappa shape index (κ2) is 7.35. The quantitative estimate of drug-likeness (QED) is 0.487. The normalized spacial score (nSPS) is 10.8.